The molecule has 0 aromatic heterocycles. The molecule has 1 amide bonds. The average Bonchev–Trinajstić information content (AvgIpc) is 2.32. The Hall–Kier alpha value is -1.75. The second-order valence-corrected chi connectivity index (χ2v) is 4.25. The van der Waals surface area contributed by atoms with Crippen molar-refractivity contribution in [3.8, 4) is 0 Å². The minimum Gasteiger partial charge on any atom is -0.399 e. The van der Waals surface area contributed by atoms with Crippen LogP contribution in [0.3, 0.4) is 0 Å². The number of amides is 1. The fourth-order valence-electron chi connectivity index (χ4n) is 1.86. The maximum atomic E-state index is 11.4. The van der Waals surface area contributed by atoms with E-state index in [0.29, 0.717) is 23.5 Å². The molecule has 0 saturated heterocycles. The lowest BCUT2D eigenvalue weighted by atomic mass is 10.1. The average molecular weight is 251 g/mol. The molecule has 0 bridgehead atoms. The van der Waals surface area contributed by atoms with Gasteiger partial charge in [0.15, 0.2) is 0 Å². The van der Waals surface area contributed by atoms with Crippen LogP contribution in [-0.4, -0.2) is 25.7 Å². The lowest BCUT2D eigenvalue weighted by Gasteiger charge is -2.20. The number of hydrogen-bond acceptors (Lipinski definition) is 4. The van der Waals surface area contributed by atoms with E-state index in [9.17, 15) is 4.79 Å². The maximum Gasteiger partial charge on any atom is 0.250 e. The molecule has 0 heterocycles. The first-order chi connectivity index (χ1) is 8.58. The van der Waals surface area contributed by atoms with Crippen LogP contribution in [0, 0.1) is 0 Å². The first-order valence-electron chi connectivity index (χ1n) is 6.03. The second kappa shape index (κ2) is 6.86. The van der Waals surface area contributed by atoms with Crippen LogP contribution in [0.25, 0.3) is 0 Å². The molecule has 5 nitrogen and oxygen atoms in total. The van der Waals surface area contributed by atoms with Gasteiger partial charge in [0.1, 0.15) is 0 Å². The van der Waals surface area contributed by atoms with E-state index in [-0.39, 0.29) is 6.04 Å². The number of carbonyl (C=O) groups is 1. The van der Waals surface area contributed by atoms with E-state index < -0.39 is 5.91 Å². The molecule has 0 radical (unpaired) electrons. The predicted molar refractivity (Wildman–Crippen MR) is 73.6 cm³/mol. The number of nitrogen functional groups attached to an aromatic ring is 1. The van der Waals surface area contributed by atoms with Gasteiger partial charge in [-0.05, 0) is 24.6 Å². The Morgan fingerprint density at radius 3 is 2.78 bits per heavy atom. The summed E-state index contributed by atoms with van der Waals surface area (Å²) in [7, 11) is 1.66. The Morgan fingerprint density at radius 1 is 1.50 bits per heavy atom. The van der Waals surface area contributed by atoms with Gasteiger partial charge in [0, 0.05) is 24.5 Å². The van der Waals surface area contributed by atoms with Gasteiger partial charge in [-0.3, -0.25) is 4.79 Å². The number of methoxy groups -OCH3 is 1. The summed E-state index contributed by atoms with van der Waals surface area (Å²) in [5.74, 6) is -0.488. The van der Waals surface area contributed by atoms with Crippen LogP contribution in [0.1, 0.15) is 30.1 Å². The van der Waals surface area contributed by atoms with Crippen molar-refractivity contribution in [3.05, 3.63) is 23.8 Å². The molecule has 1 aromatic rings. The zero-order valence-electron chi connectivity index (χ0n) is 10.9. The molecule has 0 aliphatic rings. The van der Waals surface area contributed by atoms with Gasteiger partial charge in [-0.25, -0.2) is 0 Å². The first kappa shape index (κ1) is 14.3. The summed E-state index contributed by atoms with van der Waals surface area (Å²) in [5.41, 5.74) is 12.6. The number of nitrogens with one attached hydrogen (secondary N) is 1. The summed E-state index contributed by atoms with van der Waals surface area (Å²) >= 11 is 0. The highest BCUT2D eigenvalue weighted by Gasteiger charge is 2.13. The zero-order chi connectivity index (χ0) is 13.5. The number of ether oxygens (including phenoxy) is 1. The Labute approximate surface area is 107 Å². The molecule has 0 spiro atoms. The summed E-state index contributed by atoms with van der Waals surface area (Å²) < 4.78 is 5.15. The molecule has 1 unspecified atom stereocenters. The van der Waals surface area contributed by atoms with Crippen LogP contribution in [0.5, 0.6) is 0 Å². The highest BCUT2D eigenvalue weighted by atomic mass is 16.5. The van der Waals surface area contributed by atoms with Gasteiger partial charge in [-0.2, -0.15) is 0 Å². The van der Waals surface area contributed by atoms with Crippen LogP contribution in [0.4, 0.5) is 11.4 Å². The van der Waals surface area contributed by atoms with E-state index in [1.807, 2.05) is 0 Å². The lowest BCUT2D eigenvalue weighted by molar-refractivity contribution is 0.100. The standard InChI is InChI=1S/C13H21N3O2/c1-3-4-10(8-18-2)16-12-6-5-9(14)7-11(12)13(15)17/h5-7,10,16H,3-4,8,14H2,1-2H3,(H2,15,17). The maximum absolute atomic E-state index is 11.4. The van der Waals surface area contributed by atoms with Gasteiger partial charge in [-0.15, -0.1) is 0 Å². The second-order valence-electron chi connectivity index (χ2n) is 4.25. The SMILES string of the molecule is CCCC(COC)Nc1ccc(N)cc1C(N)=O. The Morgan fingerprint density at radius 2 is 2.22 bits per heavy atom. The van der Waals surface area contributed by atoms with Crippen molar-refractivity contribution >= 4 is 17.3 Å². The molecular weight excluding hydrogens is 230 g/mol. The van der Waals surface area contributed by atoms with Crippen LogP contribution < -0.4 is 16.8 Å². The van der Waals surface area contributed by atoms with Crippen molar-refractivity contribution in [2.75, 3.05) is 24.8 Å². The van der Waals surface area contributed by atoms with Crippen molar-refractivity contribution in [3.63, 3.8) is 0 Å². The van der Waals surface area contributed by atoms with Crippen molar-refractivity contribution in [1.82, 2.24) is 0 Å². The number of nitrogens with two attached hydrogens (primary N) is 2. The molecule has 100 valence electrons. The molecule has 0 saturated carbocycles. The van der Waals surface area contributed by atoms with Crippen molar-refractivity contribution < 1.29 is 9.53 Å². The normalized spacial score (nSPS) is 12.1. The molecule has 0 aliphatic heterocycles. The van der Waals surface area contributed by atoms with Crippen LogP contribution in [0.2, 0.25) is 0 Å². The highest BCUT2D eigenvalue weighted by Crippen LogP contribution is 2.20. The molecule has 5 N–H and O–H groups in total. The van der Waals surface area contributed by atoms with Gasteiger partial charge in [-0.1, -0.05) is 13.3 Å². The Kier molecular flexibility index (Phi) is 5.45. The summed E-state index contributed by atoms with van der Waals surface area (Å²) in [6.45, 7) is 2.68. The summed E-state index contributed by atoms with van der Waals surface area (Å²) in [5, 5.41) is 3.28. The summed E-state index contributed by atoms with van der Waals surface area (Å²) in [6.07, 6.45) is 1.98. The minimum atomic E-state index is -0.488. The fourth-order valence-corrected chi connectivity index (χ4v) is 1.86. The van der Waals surface area contributed by atoms with Gasteiger partial charge in [0.2, 0.25) is 0 Å². The minimum absolute atomic E-state index is 0.154. The van der Waals surface area contributed by atoms with Crippen molar-refractivity contribution in [2.24, 2.45) is 5.73 Å². The van der Waals surface area contributed by atoms with E-state index in [0.717, 1.165) is 12.8 Å². The lowest BCUT2D eigenvalue weighted by Crippen LogP contribution is -2.26. The number of benzene rings is 1. The fraction of sp³-hybridized carbons (Fsp3) is 0.462. The molecule has 5 heteroatoms. The monoisotopic (exact) mass is 251 g/mol. The van der Waals surface area contributed by atoms with Crippen LogP contribution >= 0.6 is 0 Å². The largest absolute Gasteiger partial charge is 0.399 e. The van der Waals surface area contributed by atoms with Crippen molar-refractivity contribution in [2.45, 2.75) is 25.8 Å². The molecule has 1 aromatic carbocycles. The highest BCUT2D eigenvalue weighted by molar-refractivity contribution is 5.99. The first-order valence-corrected chi connectivity index (χ1v) is 6.03. The number of hydrogen-bond donors (Lipinski definition) is 3. The molecule has 18 heavy (non-hydrogen) atoms. The number of anilines is 2. The van der Waals surface area contributed by atoms with Gasteiger partial charge < -0.3 is 21.5 Å². The molecule has 0 fully saturated rings. The molecular formula is C13H21N3O2. The van der Waals surface area contributed by atoms with Gasteiger partial charge in [0.05, 0.1) is 12.2 Å². The third-order valence-electron chi connectivity index (χ3n) is 2.67. The summed E-state index contributed by atoms with van der Waals surface area (Å²) in [6, 6.07) is 5.25. The van der Waals surface area contributed by atoms with E-state index in [2.05, 4.69) is 12.2 Å². The summed E-state index contributed by atoms with van der Waals surface area (Å²) in [4.78, 5) is 11.4. The molecule has 1 rings (SSSR count). The van der Waals surface area contributed by atoms with E-state index in [1.54, 1.807) is 25.3 Å². The van der Waals surface area contributed by atoms with Crippen molar-refractivity contribution in [1.29, 1.82) is 0 Å². The zero-order valence-corrected chi connectivity index (χ0v) is 10.9. The smallest absolute Gasteiger partial charge is 0.250 e. The molecule has 0 aliphatic carbocycles. The van der Waals surface area contributed by atoms with E-state index in [1.165, 1.54) is 0 Å². The van der Waals surface area contributed by atoms with E-state index in [4.69, 9.17) is 16.2 Å². The number of primary amides is 1. The van der Waals surface area contributed by atoms with Gasteiger partial charge in [0.25, 0.3) is 5.91 Å². The third-order valence-corrected chi connectivity index (χ3v) is 2.67. The Bertz CT molecular complexity index is 401. The quantitative estimate of drug-likeness (QED) is 0.642. The van der Waals surface area contributed by atoms with Crippen LogP contribution in [0.15, 0.2) is 18.2 Å². The van der Waals surface area contributed by atoms with E-state index >= 15 is 0 Å². The predicted octanol–water partition coefficient (Wildman–Crippen LogP) is 1.59. The van der Waals surface area contributed by atoms with Gasteiger partial charge >= 0.3 is 0 Å². The number of rotatable bonds is 7. The Balaban J connectivity index is 2.90. The molecule has 1 atom stereocenters. The topological polar surface area (TPSA) is 90.4 Å². The third kappa shape index (κ3) is 3.92. The van der Waals surface area contributed by atoms with Crippen LogP contribution in [-0.2, 0) is 4.74 Å². The number of carbonyl (C=O) groups excluding carboxylic acids is 1.